The SMILES string of the molecule is CCCCOc1ccc(C(=O)N(CCCC)CC(=O)N2c3ccccc3-n3cccc3C2c2cc(OC)ccc2OC)cc1. The van der Waals surface area contributed by atoms with Gasteiger partial charge in [-0.25, -0.2) is 0 Å². The number of carbonyl (C=O) groups is 2. The number of hydrogen-bond donors (Lipinski definition) is 0. The summed E-state index contributed by atoms with van der Waals surface area (Å²) in [5.41, 5.74) is 3.88. The second kappa shape index (κ2) is 14.2. The average molecular weight is 596 g/mol. The fraction of sp³-hybridized carbons (Fsp3) is 0.333. The zero-order valence-corrected chi connectivity index (χ0v) is 26.0. The van der Waals surface area contributed by atoms with E-state index in [2.05, 4.69) is 18.4 Å². The molecule has 0 spiro atoms. The Morgan fingerprint density at radius 3 is 2.25 bits per heavy atom. The van der Waals surface area contributed by atoms with E-state index in [-0.39, 0.29) is 18.4 Å². The largest absolute Gasteiger partial charge is 0.497 e. The number of methoxy groups -OCH3 is 2. The Kier molecular flexibility index (Phi) is 9.89. The van der Waals surface area contributed by atoms with Crippen LogP contribution in [0.4, 0.5) is 5.69 Å². The number of ether oxygens (including phenoxy) is 3. The smallest absolute Gasteiger partial charge is 0.254 e. The predicted molar refractivity (Wildman–Crippen MR) is 172 cm³/mol. The first-order chi connectivity index (χ1) is 21.5. The summed E-state index contributed by atoms with van der Waals surface area (Å²) in [7, 11) is 3.24. The van der Waals surface area contributed by atoms with Crippen molar-refractivity contribution in [2.75, 3.05) is 38.8 Å². The molecule has 44 heavy (non-hydrogen) atoms. The van der Waals surface area contributed by atoms with Gasteiger partial charge in [-0.1, -0.05) is 38.8 Å². The minimum absolute atomic E-state index is 0.0780. The van der Waals surface area contributed by atoms with Crippen LogP contribution in [0.15, 0.2) is 85.1 Å². The van der Waals surface area contributed by atoms with E-state index in [1.807, 2.05) is 72.9 Å². The normalized spacial score (nSPS) is 13.5. The van der Waals surface area contributed by atoms with Crippen molar-refractivity contribution in [1.82, 2.24) is 9.47 Å². The van der Waals surface area contributed by atoms with Gasteiger partial charge in [0.15, 0.2) is 0 Å². The quantitative estimate of drug-likeness (QED) is 0.155. The molecule has 1 aromatic heterocycles. The summed E-state index contributed by atoms with van der Waals surface area (Å²) >= 11 is 0. The molecule has 1 atom stereocenters. The molecular formula is C36H41N3O5. The molecule has 8 nitrogen and oxygen atoms in total. The Bertz CT molecular complexity index is 1580. The number of rotatable bonds is 13. The summed E-state index contributed by atoms with van der Waals surface area (Å²) < 4.78 is 19.3. The van der Waals surface area contributed by atoms with Gasteiger partial charge in [-0.2, -0.15) is 0 Å². The van der Waals surface area contributed by atoms with Crippen LogP contribution < -0.4 is 19.1 Å². The second-order valence-electron chi connectivity index (χ2n) is 10.9. The zero-order valence-electron chi connectivity index (χ0n) is 26.0. The Morgan fingerprint density at radius 1 is 0.818 bits per heavy atom. The number of unbranched alkanes of at least 4 members (excludes halogenated alkanes) is 2. The molecule has 0 radical (unpaired) electrons. The molecule has 0 N–H and O–H groups in total. The van der Waals surface area contributed by atoms with Crippen LogP contribution in [0.1, 0.15) is 67.2 Å². The van der Waals surface area contributed by atoms with Crippen LogP contribution in [0.5, 0.6) is 17.2 Å². The average Bonchev–Trinajstić information content (AvgIpc) is 3.56. The van der Waals surface area contributed by atoms with Gasteiger partial charge in [0, 0.05) is 23.9 Å². The first-order valence-electron chi connectivity index (χ1n) is 15.3. The van der Waals surface area contributed by atoms with Crippen LogP contribution in [0.2, 0.25) is 0 Å². The number of anilines is 1. The summed E-state index contributed by atoms with van der Waals surface area (Å²) in [4.78, 5) is 31.9. The number of benzene rings is 3. The highest BCUT2D eigenvalue weighted by molar-refractivity contribution is 6.02. The van der Waals surface area contributed by atoms with Crippen molar-refractivity contribution in [3.05, 3.63) is 102 Å². The summed E-state index contributed by atoms with van der Waals surface area (Å²) in [5, 5.41) is 0. The van der Waals surface area contributed by atoms with Gasteiger partial charge in [0.2, 0.25) is 5.91 Å². The van der Waals surface area contributed by atoms with Crippen LogP contribution in [0, 0.1) is 0 Å². The van der Waals surface area contributed by atoms with Crippen LogP contribution in [-0.2, 0) is 4.79 Å². The van der Waals surface area contributed by atoms with Crippen molar-refractivity contribution in [3.63, 3.8) is 0 Å². The standard InChI is InChI=1S/C36H41N3O5/c1-5-7-21-37(36(41)26-15-17-27(18-16-26)44-23-8-6-2)25-34(40)39-31-13-10-9-12-30(31)38-22-11-14-32(38)35(39)29-24-28(42-3)19-20-33(29)43-4/h9-20,22,24,35H,5-8,21,23,25H2,1-4H3. The molecule has 0 bridgehead atoms. The van der Waals surface area contributed by atoms with Gasteiger partial charge in [0.05, 0.1) is 37.9 Å². The highest BCUT2D eigenvalue weighted by Gasteiger charge is 2.38. The third-order valence-electron chi connectivity index (χ3n) is 7.98. The van der Waals surface area contributed by atoms with Crippen molar-refractivity contribution in [3.8, 4) is 22.9 Å². The Labute approximate surface area is 259 Å². The number of amides is 2. The van der Waals surface area contributed by atoms with Crippen molar-refractivity contribution in [2.45, 2.75) is 45.6 Å². The van der Waals surface area contributed by atoms with Gasteiger partial charge in [-0.3, -0.25) is 14.5 Å². The summed E-state index contributed by atoms with van der Waals surface area (Å²) in [6, 6.07) is 24.1. The lowest BCUT2D eigenvalue weighted by molar-refractivity contribution is -0.119. The minimum atomic E-state index is -0.514. The lowest BCUT2D eigenvalue weighted by atomic mass is 9.96. The first-order valence-corrected chi connectivity index (χ1v) is 15.3. The van der Waals surface area contributed by atoms with E-state index in [1.165, 1.54) is 0 Å². The lowest BCUT2D eigenvalue weighted by Gasteiger charge is -2.40. The molecule has 1 aliphatic heterocycles. The van der Waals surface area contributed by atoms with E-state index >= 15 is 0 Å². The molecule has 2 heterocycles. The second-order valence-corrected chi connectivity index (χ2v) is 10.9. The molecule has 2 amide bonds. The molecule has 1 aliphatic rings. The molecule has 8 heteroatoms. The number of aromatic nitrogens is 1. The van der Waals surface area contributed by atoms with Gasteiger partial charge in [0.25, 0.3) is 5.91 Å². The Balaban J connectivity index is 1.51. The summed E-state index contributed by atoms with van der Waals surface area (Å²) in [5.74, 6) is 1.65. The zero-order chi connectivity index (χ0) is 31.1. The van der Waals surface area contributed by atoms with Gasteiger partial charge >= 0.3 is 0 Å². The van der Waals surface area contributed by atoms with E-state index in [1.54, 1.807) is 36.2 Å². The van der Waals surface area contributed by atoms with E-state index < -0.39 is 6.04 Å². The van der Waals surface area contributed by atoms with E-state index in [0.29, 0.717) is 30.2 Å². The number of fused-ring (bicyclic) bond motifs is 3. The molecular weight excluding hydrogens is 554 g/mol. The number of carbonyl (C=O) groups excluding carboxylic acids is 2. The predicted octanol–water partition coefficient (Wildman–Crippen LogP) is 7.05. The van der Waals surface area contributed by atoms with Crippen LogP contribution in [0.25, 0.3) is 5.69 Å². The summed E-state index contributed by atoms with van der Waals surface area (Å²) in [6.07, 6.45) is 5.70. The van der Waals surface area contributed by atoms with Gasteiger partial charge in [-0.05, 0) is 79.6 Å². The minimum Gasteiger partial charge on any atom is -0.497 e. The molecule has 0 aliphatic carbocycles. The van der Waals surface area contributed by atoms with Gasteiger partial charge in [-0.15, -0.1) is 0 Å². The molecule has 230 valence electrons. The fourth-order valence-electron chi connectivity index (χ4n) is 5.66. The summed E-state index contributed by atoms with van der Waals surface area (Å²) in [6.45, 7) is 5.22. The lowest BCUT2D eigenvalue weighted by Crippen LogP contribution is -2.47. The third kappa shape index (κ3) is 6.30. The van der Waals surface area contributed by atoms with Crippen molar-refractivity contribution >= 4 is 17.5 Å². The van der Waals surface area contributed by atoms with Gasteiger partial charge < -0.3 is 23.7 Å². The number of hydrogen-bond acceptors (Lipinski definition) is 5. The van der Waals surface area contributed by atoms with Crippen LogP contribution in [-0.4, -0.2) is 55.2 Å². The molecule has 0 fully saturated rings. The third-order valence-corrected chi connectivity index (χ3v) is 7.98. The molecule has 3 aromatic carbocycles. The maximum absolute atomic E-state index is 14.6. The number of nitrogens with zero attached hydrogens (tertiary/aromatic N) is 3. The molecule has 0 saturated heterocycles. The van der Waals surface area contributed by atoms with Crippen LogP contribution >= 0.6 is 0 Å². The molecule has 1 unspecified atom stereocenters. The van der Waals surface area contributed by atoms with Gasteiger partial charge in [0.1, 0.15) is 29.8 Å². The molecule has 0 saturated carbocycles. The molecule has 5 rings (SSSR count). The maximum atomic E-state index is 14.6. The highest BCUT2D eigenvalue weighted by Crippen LogP contribution is 2.45. The Hall–Kier alpha value is -4.72. The monoisotopic (exact) mass is 595 g/mol. The fourth-order valence-corrected chi connectivity index (χ4v) is 5.66. The first kappa shape index (κ1) is 30.7. The van der Waals surface area contributed by atoms with Crippen molar-refractivity contribution in [1.29, 1.82) is 0 Å². The number of para-hydroxylation sites is 2. The Morgan fingerprint density at radius 2 is 1.55 bits per heavy atom. The maximum Gasteiger partial charge on any atom is 0.254 e. The highest BCUT2D eigenvalue weighted by atomic mass is 16.5. The van der Waals surface area contributed by atoms with Crippen molar-refractivity contribution in [2.24, 2.45) is 0 Å². The van der Waals surface area contributed by atoms with Crippen molar-refractivity contribution < 1.29 is 23.8 Å². The van der Waals surface area contributed by atoms with E-state index in [9.17, 15) is 9.59 Å². The van der Waals surface area contributed by atoms with Crippen LogP contribution in [0.3, 0.4) is 0 Å². The topological polar surface area (TPSA) is 73.2 Å². The van der Waals surface area contributed by atoms with E-state index in [0.717, 1.165) is 54.1 Å². The van der Waals surface area contributed by atoms with E-state index in [4.69, 9.17) is 14.2 Å². The molecule has 4 aromatic rings.